The topological polar surface area (TPSA) is 77.8 Å². The standard InChI is InChI=1S/C15H27NO4/c1-4-15(2,3)11-5-7-12(8-6-11)16(9-13(17)18)10-14(19)20/h11-12H,4-10H2,1-3H3,(H,17,18)(H,19,20). The molecule has 1 aliphatic rings. The lowest BCUT2D eigenvalue weighted by Gasteiger charge is -2.41. The van der Waals surface area contributed by atoms with Crippen molar-refractivity contribution in [2.24, 2.45) is 11.3 Å². The predicted molar refractivity (Wildman–Crippen MR) is 76.7 cm³/mol. The molecule has 0 radical (unpaired) electrons. The first-order valence-electron chi connectivity index (χ1n) is 7.44. The third kappa shape index (κ3) is 4.78. The van der Waals surface area contributed by atoms with Gasteiger partial charge in [-0.1, -0.05) is 27.2 Å². The van der Waals surface area contributed by atoms with E-state index >= 15 is 0 Å². The van der Waals surface area contributed by atoms with Gasteiger partial charge in [-0.2, -0.15) is 0 Å². The van der Waals surface area contributed by atoms with Crippen LogP contribution in [0, 0.1) is 11.3 Å². The van der Waals surface area contributed by atoms with Crippen molar-refractivity contribution in [3.63, 3.8) is 0 Å². The van der Waals surface area contributed by atoms with Crippen molar-refractivity contribution in [3.8, 4) is 0 Å². The lowest BCUT2D eigenvalue weighted by Crippen LogP contribution is -2.45. The average Bonchev–Trinajstić information content (AvgIpc) is 2.37. The Morgan fingerprint density at radius 2 is 1.50 bits per heavy atom. The minimum atomic E-state index is -0.956. The van der Waals surface area contributed by atoms with Crippen molar-refractivity contribution in [2.45, 2.75) is 58.9 Å². The summed E-state index contributed by atoms with van der Waals surface area (Å²) in [7, 11) is 0. The van der Waals surface area contributed by atoms with Gasteiger partial charge in [-0.25, -0.2) is 0 Å². The summed E-state index contributed by atoms with van der Waals surface area (Å²) in [6.07, 6.45) is 5.04. The second-order valence-corrected chi connectivity index (χ2v) is 6.54. The molecule has 0 amide bonds. The fourth-order valence-corrected chi connectivity index (χ4v) is 3.17. The normalized spacial score (nSPS) is 23.8. The summed E-state index contributed by atoms with van der Waals surface area (Å²) in [6.45, 7) is 6.40. The van der Waals surface area contributed by atoms with Gasteiger partial charge in [0.2, 0.25) is 0 Å². The molecule has 116 valence electrons. The molecule has 1 rings (SSSR count). The highest BCUT2D eigenvalue weighted by atomic mass is 16.4. The first-order chi connectivity index (χ1) is 9.26. The number of nitrogens with zero attached hydrogens (tertiary/aromatic N) is 1. The quantitative estimate of drug-likeness (QED) is 0.751. The van der Waals surface area contributed by atoms with Gasteiger partial charge >= 0.3 is 11.9 Å². The highest BCUT2D eigenvalue weighted by Gasteiger charge is 2.34. The van der Waals surface area contributed by atoms with Crippen molar-refractivity contribution in [3.05, 3.63) is 0 Å². The molecule has 1 saturated carbocycles. The Morgan fingerprint density at radius 3 is 1.85 bits per heavy atom. The average molecular weight is 285 g/mol. The van der Waals surface area contributed by atoms with Crippen LogP contribution in [0.3, 0.4) is 0 Å². The van der Waals surface area contributed by atoms with Crippen LogP contribution in [-0.2, 0) is 9.59 Å². The first-order valence-corrected chi connectivity index (χ1v) is 7.44. The van der Waals surface area contributed by atoms with E-state index in [1.165, 1.54) is 0 Å². The second-order valence-electron chi connectivity index (χ2n) is 6.54. The molecule has 0 aromatic rings. The van der Waals surface area contributed by atoms with E-state index in [0.29, 0.717) is 11.3 Å². The summed E-state index contributed by atoms with van der Waals surface area (Å²) in [4.78, 5) is 23.3. The number of aliphatic carboxylic acids is 2. The van der Waals surface area contributed by atoms with E-state index in [9.17, 15) is 9.59 Å². The van der Waals surface area contributed by atoms with Crippen molar-refractivity contribution < 1.29 is 19.8 Å². The first kappa shape index (κ1) is 17.0. The van der Waals surface area contributed by atoms with Crippen LogP contribution >= 0.6 is 0 Å². The van der Waals surface area contributed by atoms with Crippen LogP contribution in [-0.4, -0.2) is 46.2 Å². The molecule has 1 aliphatic carbocycles. The molecule has 0 bridgehead atoms. The van der Waals surface area contributed by atoms with Crippen molar-refractivity contribution in [1.82, 2.24) is 4.90 Å². The van der Waals surface area contributed by atoms with E-state index in [1.807, 2.05) is 0 Å². The summed E-state index contributed by atoms with van der Waals surface area (Å²) in [5.74, 6) is -1.26. The summed E-state index contributed by atoms with van der Waals surface area (Å²) in [6, 6.07) is 0.0890. The molecule has 0 atom stereocenters. The fourth-order valence-electron chi connectivity index (χ4n) is 3.17. The monoisotopic (exact) mass is 285 g/mol. The summed E-state index contributed by atoms with van der Waals surface area (Å²) in [5, 5.41) is 17.8. The van der Waals surface area contributed by atoms with E-state index in [4.69, 9.17) is 10.2 Å². The molecule has 0 aliphatic heterocycles. The van der Waals surface area contributed by atoms with Crippen molar-refractivity contribution in [1.29, 1.82) is 0 Å². The van der Waals surface area contributed by atoms with Crippen LogP contribution in [0.1, 0.15) is 52.9 Å². The lowest BCUT2D eigenvalue weighted by atomic mass is 9.68. The van der Waals surface area contributed by atoms with Gasteiger partial charge in [0.15, 0.2) is 0 Å². The van der Waals surface area contributed by atoms with E-state index < -0.39 is 11.9 Å². The number of carbonyl (C=O) groups is 2. The molecule has 5 heteroatoms. The van der Waals surface area contributed by atoms with Gasteiger partial charge in [0.05, 0.1) is 13.1 Å². The fraction of sp³-hybridized carbons (Fsp3) is 0.867. The maximum absolute atomic E-state index is 10.9. The third-order valence-corrected chi connectivity index (χ3v) is 4.91. The molecule has 0 aromatic heterocycles. The van der Waals surface area contributed by atoms with Crippen LogP contribution in [0.5, 0.6) is 0 Å². The van der Waals surface area contributed by atoms with Crippen molar-refractivity contribution >= 4 is 11.9 Å². The van der Waals surface area contributed by atoms with Crippen LogP contribution < -0.4 is 0 Å². The van der Waals surface area contributed by atoms with E-state index in [0.717, 1.165) is 32.1 Å². The Kier molecular flexibility index (Phi) is 5.99. The van der Waals surface area contributed by atoms with Gasteiger partial charge in [-0.3, -0.25) is 14.5 Å². The third-order valence-electron chi connectivity index (χ3n) is 4.91. The molecule has 0 unspecified atom stereocenters. The molecule has 20 heavy (non-hydrogen) atoms. The molecule has 0 saturated heterocycles. The molecular formula is C15H27NO4. The molecule has 0 aromatic carbocycles. The maximum atomic E-state index is 10.9. The Bertz CT molecular complexity index is 330. The number of carboxylic acid groups (broad SMARTS) is 2. The minimum Gasteiger partial charge on any atom is -0.480 e. The van der Waals surface area contributed by atoms with Crippen LogP contribution in [0.2, 0.25) is 0 Å². The number of hydrogen-bond donors (Lipinski definition) is 2. The summed E-state index contributed by atoms with van der Waals surface area (Å²) >= 11 is 0. The minimum absolute atomic E-state index is 0.0890. The highest BCUT2D eigenvalue weighted by Crippen LogP contribution is 2.41. The molecule has 0 spiro atoms. The zero-order valence-electron chi connectivity index (χ0n) is 12.8. The Labute approximate surface area is 121 Å². The molecular weight excluding hydrogens is 258 g/mol. The predicted octanol–water partition coefficient (Wildman–Crippen LogP) is 2.45. The van der Waals surface area contributed by atoms with Gasteiger partial charge in [-0.15, -0.1) is 0 Å². The molecule has 5 nitrogen and oxygen atoms in total. The van der Waals surface area contributed by atoms with Gasteiger partial charge in [0, 0.05) is 6.04 Å². The largest absolute Gasteiger partial charge is 0.480 e. The van der Waals surface area contributed by atoms with Crippen LogP contribution in [0.25, 0.3) is 0 Å². The molecule has 1 fully saturated rings. The molecule has 2 N–H and O–H groups in total. The van der Waals surface area contributed by atoms with Crippen LogP contribution in [0.4, 0.5) is 0 Å². The van der Waals surface area contributed by atoms with E-state index in [1.54, 1.807) is 4.90 Å². The van der Waals surface area contributed by atoms with E-state index in [-0.39, 0.29) is 19.1 Å². The lowest BCUT2D eigenvalue weighted by molar-refractivity contribution is -0.143. The van der Waals surface area contributed by atoms with Gasteiger partial charge in [-0.05, 0) is 37.0 Å². The maximum Gasteiger partial charge on any atom is 0.317 e. The van der Waals surface area contributed by atoms with Gasteiger partial charge < -0.3 is 10.2 Å². The number of hydrogen-bond acceptors (Lipinski definition) is 3. The Morgan fingerprint density at radius 1 is 1.05 bits per heavy atom. The Balaban J connectivity index is 2.60. The summed E-state index contributed by atoms with van der Waals surface area (Å²) < 4.78 is 0. The van der Waals surface area contributed by atoms with E-state index in [2.05, 4.69) is 20.8 Å². The number of rotatable bonds is 7. The Hall–Kier alpha value is -1.10. The molecule has 0 heterocycles. The number of carboxylic acids is 2. The SMILES string of the molecule is CCC(C)(C)C1CCC(N(CC(=O)O)CC(=O)O)CC1. The van der Waals surface area contributed by atoms with Gasteiger partial charge in [0.1, 0.15) is 0 Å². The summed E-state index contributed by atoms with van der Waals surface area (Å²) in [5.41, 5.74) is 0.315. The van der Waals surface area contributed by atoms with Crippen molar-refractivity contribution in [2.75, 3.05) is 13.1 Å². The highest BCUT2D eigenvalue weighted by molar-refractivity contribution is 5.72. The second kappa shape index (κ2) is 7.07. The zero-order chi connectivity index (χ0) is 15.3. The van der Waals surface area contributed by atoms with Crippen LogP contribution in [0.15, 0.2) is 0 Å². The zero-order valence-corrected chi connectivity index (χ0v) is 12.8. The smallest absolute Gasteiger partial charge is 0.317 e. The van der Waals surface area contributed by atoms with Gasteiger partial charge in [0.25, 0.3) is 0 Å².